The van der Waals surface area contributed by atoms with E-state index in [2.05, 4.69) is 10.1 Å². The van der Waals surface area contributed by atoms with Gasteiger partial charge in [-0.25, -0.2) is 26.9 Å². The molecule has 0 amide bonds. The molecule has 0 atom stereocenters. The maximum absolute atomic E-state index is 13.3. The van der Waals surface area contributed by atoms with Crippen LogP contribution in [0.1, 0.15) is 12.1 Å². The zero-order chi connectivity index (χ0) is 19.9. The Morgan fingerprint density at radius 2 is 1.71 bits per heavy atom. The molecule has 0 bridgehead atoms. The number of halogens is 2. The number of aromatic nitrogens is 3. The van der Waals surface area contributed by atoms with Crippen LogP contribution in [0, 0.1) is 0 Å². The Bertz CT molecular complexity index is 1270. The smallest absolute Gasteiger partial charge is 0.236 e. The number of rotatable bonds is 4. The summed E-state index contributed by atoms with van der Waals surface area (Å²) in [5.74, 6) is 0.252. The van der Waals surface area contributed by atoms with Crippen LogP contribution in [-0.2, 0) is 9.84 Å². The Hall–Kier alpha value is -3.13. The summed E-state index contributed by atoms with van der Waals surface area (Å²) in [5.41, 5.74) is 0.768. The van der Waals surface area contributed by atoms with Gasteiger partial charge in [0.15, 0.2) is 15.7 Å². The van der Waals surface area contributed by atoms with Gasteiger partial charge in [0.05, 0.1) is 10.6 Å². The molecule has 0 aliphatic carbocycles. The molecule has 8 heteroatoms. The van der Waals surface area contributed by atoms with Crippen LogP contribution in [0.3, 0.4) is 0 Å². The first kappa shape index (κ1) is 18.2. The number of nitrogens with zero attached hydrogens (tertiary/aromatic N) is 3. The van der Waals surface area contributed by atoms with E-state index in [0.717, 1.165) is 17.0 Å². The molecule has 2 heterocycles. The van der Waals surface area contributed by atoms with Crippen molar-refractivity contribution in [3.63, 3.8) is 0 Å². The molecule has 0 spiro atoms. The molecule has 0 N–H and O–H groups in total. The van der Waals surface area contributed by atoms with Crippen molar-refractivity contribution >= 4 is 20.6 Å². The maximum atomic E-state index is 13.3. The van der Waals surface area contributed by atoms with Gasteiger partial charge in [0.25, 0.3) is 6.43 Å². The van der Waals surface area contributed by atoms with Crippen molar-refractivity contribution in [1.29, 1.82) is 0 Å². The number of hydrogen-bond donors (Lipinski definition) is 0. The quantitative estimate of drug-likeness (QED) is 0.509. The maximum Gasteiger partial charge on any atom is 0.282 e. The third-order valence-corrected chi connectivity index (χ3v) is 5.46. The van der Waals surface area contributed by atoms with Crippen molar-refractivity contribution in [2.75, 3.05) is 6.26 Å². The van der Waals surface area contributed by atoms with Gasteiger partial charge in [-0.1, -0.05) is 36.4 Å². The molecular formula is C20H15F2N3O2S. The molecular weight excluding hydrogens is 384 g/mol. The standard InChI is InChI=1S/C20H15F2N3O2S/c1-28(26,27)16-8-9-19(23-12-16)25-18(11-17(24-25)20(21)22)15-7-6-13-4-2-3-5-14(13)10-15/h2-12,20H,1H3. The van der Waals surface area contributed by atoms with Gasteiger partial charge in [-0.15, -0.1) is 0 Å². The monoisotopic (exact) mass is 399 g/mol. The van der Waals surface area contributed by atoms with Crippen LogP contribution in [0.5, 0.6) is 0 Å². The lowest BCUT2D eigenvalue weighted by atomic mass is 10.0. The first-order chi connectivity index (χ1) is 13.3. The van der Waals surface area contributed by atoms with Crippen molar-refractivity contribution < 1.29 is 17.2 Å². The van der Waals surface area contributed by atoms with Crippen LogP contribution < -0.4 is 0 Å². The Morgan fingerprint density at radius 1 is 0.964 bits per heavy atom. The zero-order valence-corrected chi connectivity index (χ0v) is 15.6. The van der Waals surface area contributed by atoms with E-state index < -0.39 is 16.3 Å². The minimum atomic E-state index is -3.41. The van der Waals surface area contributed by atoms with Crippen molar-refractivity contribution in [1.82, 2.24) is 14.8 Å². The summed E-state index contributed by atoms with van der Waals surface area (Å²) in [6.07, 6.45) is -0.471. The number of fused-ring (bicyclic) bond motifs is 1. The molecule has 2 aromatic carbocycles. The minimum absolute atomic E-state index is 0.0461. The summed E-state index contributed by atoms with van der Waals surface area (Å²) in [5, 5.41) is 5.98. The molecule has 0 unspecified atom stereocenters. The van der Waals surface area contributed by atoms with E-state index in [4.69, 9.17) is 0 Å². The third kappa shape index (κ3) is 3.38. The molecule has 142 valence electrons. The van der Waals surface area contributed by atoms with Crippen molar-refractivity contribution in [2.24, 2.45) is 0 Å². The highest BCUT2D eigenvalue weighted by molar-refractivity contribution is 7.90. The van der Waals surface area contributed by atoms with E-state index in [1.54, 1.807) is 0 Å². The first-order valence-electron chi connectivity index (χ1n) is 8.37. The fourth-order valence-corrected chi connectivity index (χ4v) is 3.51. The Kier molecular flexibility index (Phi) is 4.43. The summed E-state index contributed by atoms with van der Waals surface area (Å²) in [7, 11) is -3.41. The molecule has 0 aliphatic rings. The van der Waals surface area contributed by atoms with E-state index in [1.165, 1.54) is 29.1 Å². The number of sulfone groups is 1. The second-order valence-corrected chi connectivity index (χ2v) is 8.37. The zero-order valence-electron chi connectivity index (χ0n) is 14.8. The third-order valence-electron chi connectivity index (χ3n) is 4.36. The van der Waals surface area contributed by atoms with Gasteiger partial charge in [-0.2, -0.15) is 5.10 Å². The Morgan fingerprint density at radius 3 is 2.36 bits per heavy atom. The first-order valence-corrected chi connectivity index (χ1v) is 10.3. The molecule has 0 aliphatic heterocycles. The average molecular weight is 399 g/mol. The van der Waals surface area contributed by atoms with Gasteiger partial charge in [0, 0.05) is 18.0 Å². The normalized spacial score (nSPS) is 12.0. The number of pyridine rings is 1. The van der Waals surface area contributed by atoms with Crippen LogP contribution in [0.4, 0.5) is 8.78 Å². The topological polar surface area (TPSA) is 64.8 Å². The molecule has 4 aromatic rings. The summed E-state index contributed by atoms with van der Waals surface area (Å²) in [6, 6.07) is 17.5. The summed E-state index contributed by atoms with van der Waals surface area (Å²) in [6.45, 7) is 0. The van der Waals surface area contributed by atoms with Gasteiger partial charge in [-0.05, 0) is 35.0 Å². The lowest BCUT2D eigenvalue weighted by Crippen LogP contribution is -2.04. The molecule has 28 heavy (non-hydrogen) atoms. The summed E-state index contributed by atoms with van der Waals surface area (Å²) >= 11 is 0. The fraction of sp³-hybridized carbons (Fsp3) is 0.100. The van der Waals surface area contributed by atoms with Gasteiger partial charge in [0.2, 0.25) is 0 Å². The highest BCUT2D eigenvalue weighted by Gasteiger charge is 2.19. The van der Waals surface area contributed by atoms with Gasteiger partial charge in [0.1, 0.15) is 5.69 Å². The van der Waals surface area contributed by atoms with E-state index in [0.29, 0.717) is 11.3 Å². The van der Waals surface area contributed by atoms with Crippen LogP contribution >= 0.6 is 0 Å². The molecule has 0 fully saturated rings. The van der Waals surface area contributed by atoms with E-state index in [-0.39, 0.29) is 16.4 Å². The lowest BCUT2D eigenvalue weighted by molar-refractivity contribution is 0.145. The largest absolute Gasteiger partial charge is 0.282 e. The van der Waals surface area contributed by atoms with Gasteiger partial charge < -0.3 is 0 Å². The Balaban J connectivity index is 1.87. The van der Waals surface area contributed by atoms with Crippen LogP contribution in [0.2, 0.25) is 0 Å². The predicted molar refractivity (Wildman–Crippen MR) is 102 cm³/mol. The van der Waals surface area contributed by atoms with Gasteiger partial charge in [-0.3, -0.25) is 0 Å². The molecule has 2 aromatic heterocycles. The van der Waals surface area contributed by atoms with Crippen LogP contribution in [0.25, 0.3) is 27.8 Å². The molecule has 0 radical (unpaired) electrons. The SMILES string of the molecule is CS(=O)(=O)c1ccc(-n2nc(C(F)F)cc2-c2ccc3ccccc3c2)nc1. The molecule has 0 saturated heterocycles. The van der Waals surface area contributed by atoms with Crippen molar-refractivity contribution in [3.8, 4) is 17.1 Å². The second-order valence-electron chi connectivity index (χ2n) is 6.35. The van der Waals surface area contributed by atoms with Crippen LogP contribution in [0.15, 0.2) is 71.8 Å². The molecule has 0 saturated carbocycles. The number of hydrogen-bond acceptors (Lipinski definition) is 4. The van der Waals surface area contributed by atoms with E-state index >= 15 is 0 Å². The van der Waals surface area contributed by atoms with E-state index in [9.17, 15) is 17.2 Å². The highest BCUT2D eigenvalue weighted by Crippen LogP contribution is 2.30. The Labute approximate surface area is 160 Å². The highest BCUT2D eigenvalue weighted by atomic mass is 32.2. The fourth-order valence-electron chi connectivity index (χ4n) is 2.95. The number of benzene rings is 2. The lowest BCUT2D eigenvalue weighted by Gasteiger charge is -2.08. The second kappa shape index (κ2) is 6.79. The predicted octanol–water partition coefficient (Wildman–Crippen LogP) is 4.43. The van der Waals surface area contributed by atoms with E-state index in [1.807, 2.05) is 42.5 Å². The van der Waals surface area contributed by atoms with Crippen molar-refractivity contribution in [2.45, 2.75) is 11.3 Å². The average Bonchev–Trinajstić information content (AvgIpc) is 3.13. The van der Waals surface area contributed by atoms with Crippen LogP contribution in [-0.4, -0.2) is 29.4 Å². The molecule has 4 rings (SSSR count). The summed E-state index contributed by atoms with van der Waals surface area (Å²) < 4.78 is 51.1. The number of alkyl halides is 2. The summed E-state index contributed by atoms with van der Waals surface area (Å²) in [4.78, 5) is 4.16. The molecule has 5 nitrogen and oxygen atoms in total. The van der Waals surface area contributed by atoms with Crippen molar-refractivity contribution in [3.05, 3.63) is 72.6 Å². The van der Waals surface area contributed by atoms with Gasteiger partial charge >= 0.3 is 0 Å². The minimum Gasteiger partial charge on any atom is -0.236 e.